The number of piperazine rings is 1. The summed E-state index contributed by atoms with van der Waals surface area (Å²) in [5, 5.41) is 5.83. The van der Waals surface area contributed by atoms with Gasteiger partial charge in [-0.1, -0.05) is 13.8 Å². The monoisotopic (exact) mass is 277 g/mol. The number of nitrogens with zero attached hydrogens (tertiary/aromatic N) is 1. The minimum atomic E-state index is -3.32. The minimum absolute atomic E-state index is 0.109. The van der Waals surface area contributed by atoms with E-state index in [0.717, 1.165) is 6.42 Å². The number of rotatable bonds is 6. The fourth-order valence-corrected chi connectivity index (χ4v) is 3.57. The predicted molar refractivity (Wildman–Crippen MR) is 70.7 cm³/mol. The second kappa shape index (κ2) is 7.06. The van der Waals surface area contributed by atoms with Crippen molar-refractivity contribution in [3.05, 3.63) is 0 Å². The third-order valence-electron chi connectivity index (χ3n) is 2.93. The Balaban J connectivity index is 2.50. The Morgan fingerprint density at radius 1 is 1.39 bits per heavy atom. The van der Waals surface area contributed by atoms with Crippen LogP contribution in [0.15, 0.2) is 0 Å². The first-order valence-electron chi connectivity index (χ1n) is 6.43. The second-order valence-electron chi connectivity index (χ2n) is 4.62. The summed E-state index contributed by atoms with van der Waals surface area (Å²) in [5.74, 6) is -0.797. The normalized spacial score (nSPS) is 19.4. The first-order valence-corrected chi connectivity index (χ1v) is 8.04. The highest BCUT2D eigenvalue weighted by Crippen LogP contribution is 2.08. The van der Waals surface area contributed by atoms with Crippen molar-refractivity contribution in [2.24, 2.45) is 5.92 Å². The largest absolute Gasteiger partial charge is 0.356 e. The summed E-state index contributed by atoms with van der Waals surface area (Å²) >= 11 is 0. The van der Waals surface area contributed by atoms with Crippen LogP contribution in [0.2, 0.25) is 0 Å². The lowest BCUT2D eigenvalue weighted by atomic mass is 10.2. The van der Waals surface area contributed by atoms with Gasteiger partial charge < -0.3 is 10.6 Å². The summed E-state index contributed by atoms with van der Waals surface area (Å²) in [4.78, 5) is 11.7. The van der Waals surface area contributed by atoms with E-state index in [1.807, 2.05) is 6.92 Å². The molecule has 1 saturated heterocycles. The quantitative estimate of drug-likeness (QED) is 0.678. The van der Waals surface area contributed by atoms with Gasteiger partial charge in [-0.2, -0.15) is 4.31 Å². The molecule has 0 aromatic heterocycles. The van der Waals surface area contributed by atoms with Gasteiger partial charge in [0.05, 0.1) is 11.7 Å². The van der Waals surface area contributed by atoms with Gasteiger partial charge >= 0.3 is 0 Å². The van der Waals surface area contributed by atoms with Crippen molar-refractivity contribution in [2.75, 3.05) is 38.5 Å². The number of carbonyl (C=O) groups is 1. The van der Waals surface area contributed by atoms with Crippen molar-refractivity contribution in [1.82, 2.24) is 14.9 Å². The number of amides is 1. The first kappa shape index (κ1) is 15.4. The van der Waals surface area contributed by atoms with E-state index in [2.05, 4.69) is 10.6 Å². The highest BCUT2D eigenvalue weighted by Gasteiger charge is 2.28. The molecule has 0 aliphatic carbocycles. The molecule has 1 aliphatic rings. The minimum Gasteiger partial charge on any atom is -0.356 e. The van der Waals surface area contributed by atoms with Gasteiger partial charge in [0, 0.05) is 32.7 Å². The van der Waals surface area contributed by atoms with Gasteiger partial charge in [0.25, 0.3) is 0 Å². The molecule has 0 aromatic carbocycles. The van der Waals surface area contributed by atoms with Crippen molar-refractivity contribution in [3.63, 3.8) is 0 Å². The number of sulfonamides is 1. The van der Waals surface area contributed by atoms with Crippen LogP contribution in [0.25, 0.3) is 0 Å². The topological polar surface area (TPSA) is 78.5 Å². The van der Waals surface area contributed by atoms with Crippen LogP contribution in [0.5, 0.6) is 0 Å². The zero-order chi connectivity index (χ0) is 13.6. The van der Waals surface area contributed by atoms with Gasteiger partial charge in [-0.05, 0) is 6.42 Å². The summed E-state index contributed by atoms with van der Waals surface area (Å²) in [6.07, 6.45) is 0.850. The Morgan fingerprint density at radius 2 is 2.00 bits per heavy atom. The van der Waals surface area contributed by atoms with Gasteiger partial charge in [0.15, 0.2) is 0 Å². The standard InChI is InChI=1S/C11H23N3O3S/c1-3-4-13-11(15)10(2)9-18(16,17)14-7-5-12-6-8-14/h10,12H,3-9H2,1-2H3,(H,13,15). The highest BCUT2D eigenvalue weighted by atomic mass is 32.2. The molecule has 1 rings (SSSR count). The maximum atomic E-state index is 12.1. The van der Waals surface area contributed by atoms with Crippen LogP contribution in [-0.2, 0) is 14.8 Å². The molecule has 0 saturated carbocycles. The van der Waals surface area contributed by atoms with Crippen molar-refractivity contribution in [2.45, 2.75) is 20.3 Å². The smallest absolute Gasteiger partial charge is 0.223 e. The number of nitrogens with one attached hydrogen (secondary N) is 2. The van der Waals surface area contributed by atoms with E-state index in [9.17, 15) is 13.2 Å². The molecule has 0 radical (unpaired) electrons. The fraction of sp³-hybridized carbons (Fsp3) is 0.909. The maximum absolute atomic E-state index is 12.1. The SMILES string of the molecule is CCCNC(=O)C(C)CS(=O)(=O)N1CCNCC1. The molecule has 1 amide bonds. The van der Waals surface area contributed by atoms with E-state index >= 15 is 0 Å². The third kappa shape index (κ3) is 4.55. The first-order chi connectivity index (χ1) is 8.47. The molecule has 1 atom stereocenters. The lowest BCUT2D eigenvalue weighted by Gasteiger charge is -2.27. The summed E-state index contributed by atoms with van der Waals surface area (Å²) < 4.78 is 25.7. The zero-order valence-corrected chi connectivity index (χ0v) is 11.9. The van der Waals surface area contributed by atoms with E-state index in [1.54, 1.807) is 6.92 Å². The summed E-state index contributed by atoms with van der Waals surface area (Å²) in [6.45, 7) is 6.55. The Bertz CT molecular complexity index is 364. The molecule has 1 heterocycles. The van der Waals surface area contributed by atoms with Crippen LogP contribution in [0.3, 0.4) is 0 Å². The molecule has 0 aromatic rings. The highest BCUT2D eigenvalue weighted by molar-refractivity contribution is 7.89. The summed E-state index contributed by atoms with van der Waals surface area (Å²) in [5.41, 5.74) is 0. The van der Waals surface area contributed by atoms with E-state index < -0.39 is 15.9 Å². The van der Waals surface area contributed by atoms with Gasteiger partial charge in [-0.25, -0.2) is 8.42 Å². The van der Waals surface area contributed by atoms with Crippen LogP contribution >= 0.6 is 0 Å². The van der Waals surface area contributed by atoms with Crippen LogP contribution in [-0.4, -0.2) is 57.1 Å². The number of hydrogen-bond donors (Lipinski definition) is 2. The molecule has 0 bridgehead atoms. The van der Waals surface area contributed by atoms with E-state index in [-0.39, 0.29) is 11.7 Å². The Hall–Kier alpha value is -0.660. The molecule has 1 aliphatic heterocycles. The lowest BCUT2D eigenvalue weighted by molar-refractivity contribution is -0.123. The Kier molecular flexibility index (Phi) is 6.04. The van der Waals surface area contributed by atoms with Gasteiger partial charge in [-0.15, -0.1) is 0 Å². The van der Waals surface area contributed by atoms with Crippen molar-refractivity contribution < 1.29 is 13.2 Å². The predicted octanol–water partition coefficient (Wildman–Crippen LogP) is -0.616. The van der Waals surface area contributed by atoms with Crippen LogP contribution in [0.4, 0.5) is 0 Å². The molecule has 18 heavy (non-hydrogen) atoms. The van der Waals surface area contributed by atoms with Crippen LogP contribution in [0.1, 0.15) is 20.3 Å². The van der Waals surface area contributed by atoms with Crippen LogP contribution in [0, 0.1) is 5.92 Å². The van der Waals surface area contributed by atoms with E-state index in [0.29, 0.717) is 32.7 Å². The molecular weight excluding hydrogens is 254 g/mol. The number of hydrogen-bond acceptors (Lipinski definition) is 4. The second-order valence-corrected chi connectivity index (χ2v) is 6.63. The molecule has 0 spiro atoms. The average Bonchev–Trinajstić information content (AvgIpc) is 2.36. The van der Waals surface area contributed by atoms with Gasteiger partial charge in [0.1, 0.15) is 0 Å². The van der Waals surface area contributed by atoms with Gasteiger partial charge in [0.2, 0.25) is 15.9 Å². The van der Waals surface area contributed by atoms with E-state index in [1.165, 1.54) is 4.31 Å². The molecular formula is C11H23N3O3S. The molecule has 1 unspecified atom stereocenters. The fourth-order valence-electron chi connectivity index (χ4n) is 1.84. The number of carbonyl (C=O) groups excluding carboxylic acids is 1. The molecule has 1 fully saturated rings. The summed E-state index contributed by atoms with van der Waals surface area (Å²) in [6, 6.07) is 0. The average molecular weight is 277 g/mol. The van der Waals surface area contributed by atoms with Gasteiger partial charge in [-0.3, -0.25) is 4.79 Å². The van der Waals surface area contributed by atoms with Crippen LogP contribution < -0.4 is 10.6 Å². The lowest BCUT2D eigenvalue weighted by Crippen LogP contribution is -2.48. The molecule has 7 heteroatoms. The maximum Gasteiger partial charge on any atom is 0.223 e. The molecule has 2 N–H and O–H groups in total. The third-order valence-corrected chi connectivity index (χ3v) is 5.00. The summed E-state index contributed by atoms with van der Waals surface area (Å²) in [7, 11) is -3.32. The molecule has 106 valence electrons. The van der Waals surface area contributed by atoms with E-state index in [4.69, 9.17) is 0 Å². The Labute approximate surface area is 109 Å². The van der Waals surface area contributed by atoms with Crippen molar-refractivity contribution in [1.29, 1.82) is 0 Å². The zero-order valence-electron chi connectivity index (χ0n) is 11.1. The Morgan fingerprint density at radius 3 is 2.56 bits per heavy atom. The van der Waals surface area contributed by atoms with Crippen molar-refractivity contribution >= 4 is 15.9 Å². The molecule has 6 nitrogen and oxygen atoms in total. The van der Waals surface area contributed by atoms with Crippen molar-refractivity contribution in [3.8, 4) is 0 Å².